The Balaban J connectivity index is 1.63. The lowest BCUT2D eigenvalue weighted by atomic mass is 9.67. The van der Waals surface area contributed by atoms with Crippen molar-refractivity contribution in [1.29, 1.82) is 0 Å². The van der Waals surface area contributed by atoms with Gasteiger partial charge in [-0.2, -0.15) is 4.98 Å². The van der Waals surface area contributed by atoms with Gasteiger partial charge >= 0.3 is 0 Å². The number of amides is 1. The van der Waals surface area contributed by atoms with Crippen molar-refractivity contribution in [2.45, 2.75) is 44.6 Å². The maximum atomic E-state index is 11.7. The minimum Gasteiger partial charge on any atom is -0.346 e. The quantitative estimate of drug-likeness (QED) is 0.799. The fraction of sp³-hybridized carbons (Fsp3) is 0.750. The molecule has 0 aromatic carbocycles. The summed E-state index contributed by atoms with van der Waals surface area (Å²) >= 11 is 0. The summed E-state index contributed by atoms with van der Waals surface area (Å²) in [5, 5.41) is 6.57. The van der Waals surface area contributed by atoms with Gasteiger partial charge in [-0.25, -0.2) is 0 Å². The van der Waals surface area contributed by atoms with Crippen LogP contribution in [0.2, 0.25) is 0 Å². The van der Waals surface area contributed by atoms with E-state index in [1.165, 1.54) is 6.42 Å². The molecule has 2 aliphatic carbocycles. The Morgan fingerprint density at radius 3 is 2.83 bits per heavy atom. The Kier molecular flexibility index (Phi) is 2.81. The van der Waals surface area contributed by atoms with E-state index in [4.69, 9.17) is 10.3 Å². The highest BCUT2D eigenvalue weighted by atomic mass is 16.5. The zero-order valence-electron chi connectivity index (χ0n) is 10.3. The Bertz CT molecular complexity index is 443. The molecule has 6 nitrogen and oxygen atoms in total. The Labute approximate surface area is 105 Å². The van der Waals surface area contributed by atoms with E-state index in [9.17, 15) is 4.79 Å². The first-order valence-corrected chi connectivity index (χ1v) is 6.54. The molecule has 0 unspecified atom stereocenters. The standard InChI is InChI=1S/C12H18N4O2/c13-7-12(4-1-5-12)6-9-15-10(16-18-9)11(17)14-8-2-3-8/h8H,1-7,13H2,(H,14,17). The Hall–Kier alpha value is -1.43. The van der Waals surface area contributed by atoms with Gasteiger partial charge in [-0.15, -0.1) is 0 Å². The first kappa shape index (κ1) is 11.6. The van der Waals surface area contributed by atoms with Gasteiger partial charge in [0.2, 0.25) is 5.89 Å². The molecule has 0 spiro atoms. The van der Waals surface area contributed by atoms with Crippen molar-refractivity contribution in [3.63, 3.8) is 0 Å². The Morgan fingerprint density at radius 2 is 2.28 bits per heavy atom. The summed E-state index contributed by atoms with van der Waals surface area (Å²) in [6.45, 7) is 0.638. The van der Waals surface area contributed by atoms with Gasteiger partial charge < -0.3 is 15.6 Å². The number of nitrogens with two attached hydrogens (primary N) is 1. The van der Waals surface area contributed by atoms with Crippen LogP contribution in [0.3, 0.4) is 0 Å². The fourth-order valence-corrected chi connectivity index (χ4v) is 2.35. The van der Waals surface area contributed by atoms with Gasteiger partial charge in [0, 0.05) is 12.5 Å². The molecular formula is C12H18N4O2. The van der Waals surface area contributed by atoms with Gasteiger partial charge in [-0.05, 0) is 37.6 Å². The summed E-state index contributed by atoms with van der Waals surface area (Å²) in [6, 6.07) is 0.307. The SMILES string of the molecule is NCC1(Cc2nc(C(=O)NC3CC3)no2)CCC1. The summed E-state index contributed by atoms with van der Waals surface area (Å²) in [5.74, 6) is 0.437. The van der Waals surface area contributed by atoms with Crippen molar-refractivity contribution in [1.82, 2.24) is 15.5 Å². The highest BCUT2D eigenvalue weighted by molar-refractivity contribution is 5.90. The molecular weight excluding hydrogens is 232 g/mol. The molecule has 98 valence electrons. The highest BCUT2D eigenvalue weighted by Gasteiger charge is 2.37. The number of carbonyl (C=O) groups excluding carboxylic acids is 1. The van der Waals surface area contributed by atoms with E-state index in [1.807, 2.05) is 0 Å². The molecule has 18 heavy (non-hydrogen) atoms. The highest BCUT2D eigenvalue weighted by Crippen LogP contribution is 2.42. The van der Waals surface area contributed by atoms with E-state index in [0.717, 1.165) is 25.7 Å². The van der Waals surface area contributed by atoms with Crippen LogP contribution in [0.25, 0.3) is 0 Å². The van der Waals surface area contributed by atoms with Crippen LogP contribution in [0.15, 0.2) is 4.52 Å². The van der Waals surface area contributed by atoms with Gasteiger partial charge in [0.25, 0.3) is 11.7 Å². The first-order chi connectivity index (χ1) is 8.71. The summed E-state index contributed by atoms with van der Waals surface area (Å²) in [7, 11) is 0. The van der Waals surface area contributed by atoms with E-state index >= 15 is 0 Å². The van der Waals surface area contributed by atoms with Crippen molar-refractivity contribution >= 4 is 5.91 Å². The summed E-state index contributed by atoms with van der Waals surface area (Å²) < 4.78 is 5.14. The third kappa shape index (κ3) is 2.25. The maximum absolute atomic E-state index is 11.7. The second-order valence-electron chi connectivity index (χ2n) is 5.49. The average Bonchev–Trinajstić information content (AvgIpc) is 3.00. The predicted molar refractivity (Wildman–Crippen MR) is 63.8 cm³/mol. The molecule has 0 saturated heterocycles. The molecule has 0 bridgehead atoms. The lowest BCUT2D eigenvalue weighted by Crippen LogP contribution is -2.39. The van der Waals surface area contributed by atoms with Crippen molar-refractivity contribution in [2.75, 3.05) is 6.54 Å². The smallest absolute Gasteiger partial charge is 0.292 e. The van der Waals surface area contributed by atoms with Crippen molar-refractivity contribution in [2.24, 2.45) is 11.1 Å². The van der Waals surface area contributed by atoms with E-state index in [2.05, 4.69) is 15.5 Å². The number of hydrogen-bond acceptors (Lipinski definition) is 5. The fourth-order valence-electron chi connectivity index (χ4n) is 2.35. The maximum Gasteiger partial charge on any atom is 0.292 e. The van der Waals surface area contributed by atoms with E-state index in [1.54, 1.807) is 0 Å². The van der Waals surface area contributed by atoms with Crippen LogP contribution in [0.1, 0.15) is 48.6 Å². The monoisotopic (exact) mass is 250 g/mol. The van der Waals surface area contributed by atoms with E-state index < -0.39 is 0 Å². The molecule has 2 saturated carbocycles. The largest absolute Gasteiger partial charge is 0.346 e. The minimum absolute atomic E-state index is 0.122. The van der Waals surface area contributed by atoms with Crippen LogP contribution in [0.4, 0.5) is 0 Å². The zero-order chi connectivity index (χ0) is 12.6. The van der Waals surface area contributed by atoms with Crippen LogP contribution in [-0.2, 0) is 6.42 Å². The van der Waals surface area contributed by atoms with Gasteiger partial charge in [-0.3, -0.25) is 4.79 Å². The first-order valence-electron chi connectivity index (χ1n) is 6.54. The molecule has 2 aliphatic rings. The van der Waals surface area contributed by atoms with Crippen molar-refractivity contribution in [3.05, 3.63) is 11.7 Å². The molecule has 1 heterocycles. The van der Waals surface area contributed by atoms with E-state index in [-0.39, 0.29) is 17.1 Å². The number of hydrogen-bond donors (Lipinski definition) is 2. The van der Waals surface area contributed by atoms with Gasteiger partial charge in [-0.1, -0.05) is 11.6 Å². The van der Waals surface area contributed by atoms with Crippen LogP contribution < -0.4 is 11.1 Å². The Morgan fingerprint density at radius 1 is 1.50 bits per heavy atom. The molecule has 0 radical (unpaired) electrons. The minimum atomic E-state index is -0.233. The third-order valence-electron chi connectivity index (χ3n) is 3.96. The molecule has 0 aliphatic heterocycles. The van der Waals surface area contributed by atoms with Crippen molar-refractivity contribution < 1.29 is 9.32 Å². The van der Waals surface area contributed by atoms with Crippen LogP contribution >= 0.6 is 0 Å². The van der Waals surface area contributed by atoms with E-state index in [0.29, 0.717) is 24.9 Å². The van der Waals surface area contributed by atoms with Gasteiger partial charge in [0.05, 0.1) is 0 Å². The number of nitrogens with one attached hydrogen (secondary N) is 1. The molecule has 2 fully saturated rings. The molecule has 1 aromatic heterocycles. The van der Waals surface area contributed by atoms with Crippen LogP contribution in [-0.4, -0.2) is 28.6 Å². The van der Waals surface area contributed by atoms with Crippen LogP contribution in [0.5, 0.6) is 0 Å². The number of rotatable bonds is 5. The third-order valence-corrected chi connectivity index (χ3v) is 3.96. The summed E-state index contributed by atoms with van der Waals surface area (Å²) in [4.78, 5) is 15.9. The molecule has 6 heteroatoms. The predicted octanol–water partition coefficient (Wildman–Crippen LogP) is 0.633. The lowest BCUT2D eigenvalue weighted by Gasteiger charge is -2.39. The topological polar surface area (TPSA) is 94.0 Å². The summed E-state index contributed by atoms with van der Waals surface area (Å²) in [5.41, 5.74) is 5.91. The number of carbonyl (C=O) groups is 1. The van der Waals surface area contributed by atoms with Gasteiger partial charge in [0.15, 0.2) is 0 Å². The number of nitrogens with zero attached hydrogens (tertiary/aromatic N) is 2. The van der Waals surface area contributed by atoms with Crippen LogP contribution in [0, 0.1) is 5.41 Å². The summed E-state index contributed by atoms with van der Waals surface area (Å²) in [6.07, 6.45) is 6.21. The zero-order valence-corrected chi connectivity index (χ0v) is 10.3. The molecule has 1 amide bonds. The lowest BCUT2D eigenvalue weighted by molar-refractivity contribution is 0.0937. The molecule has 1 aromatic rings. The molecule has 3 rings (SSSR count). The number of aromatic nitrogens is 2. The molecule has 3 N–H and O–H groups in total. The second-order valence-corrected chi connectivity index (χ2v) is 5.49. The normalized spacial score (nSPS) is 21.4. The van der Waals surface area contributed by atoms with Gasteiger partial charge in [0.1, 0.15) is 0 Å². The molecule has 0 atom stereocenters. The second kappa shape index (κ2) is 4.35. The average molecular weight is 250 g/mol. The van der Waals surface area contributed by atoms with Crippen molar-refractivity contribution in [3.8, 4) is 0 Å².